The molecule has 10 nitrogen and oxygen atoms in total. The van der Waals surface area contributed by atoms with E-state index in [0.717, 1.165) is 5.56 Å². The van der Waals surface area contributed by atoms with Gasteiger partial charge in [0.1, 0.15) is 12.0 Å². The number of aliphatic hydroxyl groups excluding tert-OH is 1. The van der Waals surface area contributed by atoms with Crippen LogP contribution in [0.5, 0.6) is 0 Å². The van der Waals surface area contributed by atoms with E-state index in [1.165, 1.54) is 18.3 Å². The zero-order chi connectivity index (χ0) is 25.2. The second-order valence-electron chi connectivity index (χ2n) is 7.92. The van der Waals surface area contributed by atoms with Gasteiger partial charge in [0, 0.05) is 49.2 Å². The molecule has 2 aromatic rings. The summed E-state index contributed by atoms with van der Waals surface area (Å²) in [7, 11) is 0. The standard InChI is InChI=1S/C24H29ClN4O6/c1-2-34-24-19(4-3-13-30)20(16-5-7-17(25)8-6-16)14-21(35-24)23(31)27-12-11-26-22-10-9-18(15-28-22)29(32)33/h5-10,14-15,19-20,24,30H,2-4,11-13H2,1H3,(H,26,28)(H,27,31)/t19-,20+,24+/m0/s1. The molecule has 3 atom stereocenters. The number of nitro groups is 1. The van der Waals surface area contributed by atoms with Crippen molar-refractivity contribution >= 4 is 29.0 Å². The molecule has 11 heteroatoms. The highest BCUT2D eigenvalue weighted by Crippen LogP contribution is 2.39. The van der Waals surface area contributed by atoms with Crippen LogP contribution in [-0.4, -0.2) is 53.5 Å². The number of aromatic nitrogens is 1. The van der Waals surface area contributed by atoms with Crippen molar-refractivity contribution in [2.75, 3.05) is 31.6 Å². The number of hydrogen-bond donors (Lipinski definition) is 3. The number of hydrogen-bond acceptors (Lipinski definition) is 8. The van der Waals surface area contributed by atoms with Crippen LogP contribution < -0.4 is 10.6 Å². The van der Waals surface area contributed by atoms with Crippen molar-refractivity contribution in [1.29, 1.82) is 0 Å². The summed E-state index contributed by atoms with van der Waals surface area (Å²) in [4.78, 5) is 27.1. The van der Waals surface area contributed by atoms with Gasteiger partial charge in [-0.3, -0.25) is 14.9 Å². The number of nitrogens with one attached hydrogen (secondary N) is 2. The molecular weight excluding hydrogens is 476 g/mol. The molecule has 1 aromatic heterocycles. The van der Waals surface area contributed by atoms with Crippen LogP contribution in [0.4, 0.5) is 11.5 Å². The molecule has 0 spiro atoms. The lowest BCUT2D eigenvalue weighted by Crippen LogP contribution is -2.39. The maximum Gasteiger partial charge on any atom is 0.287 e. The van der Waals surface area contributed by atoms with Crippen LogP contribution in [-0.2, 0) is 14.3 Å². The first-order valence-electron chi connectivity index (χ1n) is 11.4. The van der Waals surface area contributed by atoms with Gasteiger partial charge in [0.15, 0.2) is 5.76 Å². The smallest absolute Gasteiger partial charge is 0.287 e. The predicted octanol–water partition coefficient (Wildman–Crippen LogP) is 3.62. The highest BCUT2D eigenvalue weighted by Gasteiger charge is 2.37. The molecule has 0 radical (unpaired) electrons. The molecule has 35 heavy (non-hydrogen) atoms. The molecule has 1 aliphatic rings. The van der Waals surface area contributed by atoms with Gasteiger partial charge >= 0.3 is 0 Å². The highest BCUT2D eigenvalue weighted by atomic mass is 35.5. The van der Waals surface area contributed by atoms with E-state index in [9.17, 15) is 20.0 Å². The van der Waals surface area contributed by atoms with E-state index in [1.54, 1.807) is 18.2 Å². The lowest BCUT2D eigenvalue weighted by molar-refractivity contribution is -0.385. The maximum atomic E-state index is 12.9. The highest BCUT2D eigenvalue weighted by molar-refractivity contribution is 6.30. The molecule has 188 valence electrons. The lowest BCUT2D eigenvalue weighted by atomic mass is 9.80. The van der Waals surface area contributed by atoms with Crippen molar-refractivity contribution in [1.82, 2.24) is 10.3 Å². The van der Waals surface area contributed by atoms with Gasteiger partial charge in [-0.25, -0.2) is 4.98 Å². The summed E-state index contributed by atoms with van der Waals surface area (Å²) in [5.74, 6) is -0.00392. The fraction of sp³-hybridized carbons (Fsp3) is 0.417. The second kappa shape index (κ2) is 13.0. The number of pyridine rings is 1. The summed E-state index contributed by atoms with van der Waals surface area (Å²) >= 11 is 6.06. The first kappa shape index (κ1) is 26.4. The number of anilines is 1. The van der Waals surface area contributed by atoms with E-state index in [1.807, 2.05) is 19.1 Å². The van der Waals surface area contributed by atoms with Crippen LogP contribution in [0.25, 0.3) is 0 Å². The first-order chi connectivity index (χ1) is 16.9. The summed E-state index contributed by atoms with van der Waals surface area (Å²) in [6, 6.07) is 10.3. The Balaban J connectivity index is 1.67. The molecule has 0 aliphatic carbocycles. The molecule has 0 unspecified atom stereocenters. The Hall–Kier alpha value is -3.21. The minimum absolute atomic E-state index is 0.0519. The Bertz CT molecular complexity index is 1020. The molecule has 3 rings (SSSR count). The number of benzene rings is 1. The number of carbonyl (C=O) groups excluding carboxylic acids is 1. The van der Waals surface area contributed by atoms with Gasteiger partial charge < -0.3 is 25.2 Å². The Kier molecular flexibility index (Phi) is 9.83. The number of nitrogens with zero attached hydrogens (tertiary/aromatic N) is 2. The molecular formula is C24H29ClN4O6. The zero-order valence-electron chi connectivity index (χ0n) is 19.4. The van der Waals surface area contributed by atoms with Gasteiger partial charge in [-0.15, -0.1) is 0 Å². The summed E-state index contributed by atoms with van der Waals surface area (Å²) in [5, 5.41) is 26.5. The molecule has 0 bridgehead atoms. The summed E-state index contributed by atoms with van der Waals surface area (Å²) < 4.78 is 11.8. The lowest BCUT2D eigenvalue weighted by Gasteiger charge is -2.37. The zero-order valence-corrected chi connectivity index (χ0v) is 20.1. The summed E-state index contributed by atoms with van der Waals surface area (Å²) in [6.45, 7) is 2.96. The van der Waals surface area contributed by atoms with Crippen molar-refractivity contribution < 1.29 is 24.3 Å². The molecule has 1 aromatic carbocycles. The van der Waals surface area contributed by atoms with Crippen LogP contribution in [0.3, 0.4) is 0 Å². The number of halogens is 1. The van der Waals surface area contributed by atoms with Crippen molar-refractivity contribution in [2.24, 2.45) is 5.92 Å². The Morgan fingerprint density at radius 1 is 1.26 bits per heavy atom. The van der Waals surface area contributed by atoms with E-state index in [2.05, 4.69) is 15.6 Å². The van der Waals surface area contributed by atoms with Gasteiger partial charge in [0.25, 0.3) is 11.6 Å². The van der Waals surface area contributed by atoms with Crippen LogP contribution in [0.15, 0.2) is 54.4 Å². The third-order valence-corrected chi connectivity index (χ3v) is 5.82. The number of rotatable bonds is 12. The van der Waals surface area contributed by atoms with Gasteiger partial charge in [0.2, 0.25) is 6.29 Å². The number of carbonyl (C=O) groups is 1. The van der Waals surface area contributed by atoms with Crippen molar-refractivity contribution in [2.45, 2.75) is 32.0 Å². The van der Waals surface area contributed by atoms with Crippen LogP contribution >= 0.6 is 11.6 Å². The predicted molar refractivity (Wildman–Crippen MR) is 131 cm³/mol. The van der Waals surface area contributed by atoms with Gasteiger partial charge in [-0.05, 0) is 49.6 Å². The molecule has 2 heterocycles. The minimum Gasteiger partial charge on any atom is -0.459 e. The van der Waals surface area contributed by atoms with Gasteiger partial charge in [-0.2, -0.15) is 0 Å². The van der Waals surface area contributed by atoms with E-state index < -0.39 is 11.2 Å². The summed E-state index contributed by atoms with van der Waals surface area (Å²) in [5.41, 5.74) is 0.878. The first-order valence-corrected chi connectivity index (χ1v) is 11.8. The molecule has 3 N–H and O–H groups in total. The number of ether oxygens (including phenoxy) is 2. The quantitative estimate of drug-likeness (QED) is 0.226. The van der Waals surface area contributed by atoms with E-state index in [-0.39, 0.29) is 42.3 Å². The fourth-order valence-corrected chi connectivity index (χ4v) is 4.01. The summed E-state index contributed by atoms with van der Waals surface area (Å²) in [6.07, 6.45) is 3.56. The minimum atomic E-state index is -0.639. The van der Waals surface area contributed by atoms with Crippen LogP contribution in [0.2, 0.25) is 5.02 Å². The number of amides is 1. The fourth-order valence-electron chi connectivity index (χ4n) is 3.88. The second-order valence-corrected chi connectivity index (χ2v) is 8.36. The Morgan fingerprint density at radius 2 is 2.03 bits per heavy atom. The van der Waals surface area contributed by atoms with Crippen LogP contribution in [0.1, 0.15) is 31.2 Å². The molecule has 0 saturated carbocycles. The molecule has 0 fully saturated rings. The van der Waals surface area contributed by atoms with E-state index in [0.29, 0.717) is 36.8 Å². The topological polar surface area (TPSA) is 136 Å². The monoisotopic (exact) mass is 504 g/mol. The average Bonchev–Trinajstić information content (AvgIpc) is 2.86. The molecule has 1 aliphatic heterocycles. The van der Waals surface area contributed by atoms with Crippen molar-refractivity contribution in [3.8, 4) is 0 Å². The molecule has 1 amide bonds. The normalized spacial score (nSPS) is 19.4. The van der Waals surface area contributed by atoms with Crippen molar-refractivity contribution in [3.05, 3.63) is 75.1 Å². The van der Waals surface area contributed by atoms with Crippen molar-refractivity contribution in [3.63, 3.8) is 0 Å². The third kappa shape index (κ3) is 7.38. The number of aliphatic hydroxyl groups is 1. The Morgan fingerprint density at radius 3 is 2.66 bits per heavy atom. The molecule has 0 saturated heterocycles. The Labute approximate surface area is 208 Å². The average molecular weight is 505 g/mol. The third-order valence-electron chi connectivity index (χ3n) is 5.57. The van der Waals surface area contributed by atoms with E-state index >= 15 is 0 Å². The maximum absolute atomic E-state index is 12.9. The van der Waals surface area contributed by atoms with E-state index in [4.69, 9.17) is 21.1 Å². The van der Waals surface area contributed by atoms with Crippen LogP contribution in [0, 0.1) is 16.0 Å². The number of allylic oxidation sites excluding steroid dienone is 1. The SMILES string of the molecule is CCO[C@@H]1OC(C(=O)NCCNc2ccc([N+](=O)[O-])cn2)=C[C@H](c2ccc(Cl)cc2)[C@@H]1CCCO. The van der Waals surface area contributed by atoms with Gasteiger partial charge in [-0.1, -0.05) is 23.7 Å². The van der Waals surface area contributed by atoms with Gasteiger partial charge in [0.05, 0.1) is 4.92 Å². The largest absolute Gasteiger partial charge is 0.459 e.